The predicted molar refractivity (Wildman–Crippen MR) is 119 cm³/mol. The molecule has 7 heteroatoms. The van der Waals surface area contributed by atoms with E-state index in [1.54, 1.807) is 12.3 Å². The highest BCUT2D eigenvalue weighted by Crippen LogP contribution is 2.29. The summed E-state index contributed by atoms with van der Waals surface area (Å²) in [5.41, 5.74) is 1.69. The van der Waals surface area contributed by atoms with Gasteiger partial charge in [-0.05, 0) is 35.0 Å². The SMILES string of the molecule is Cn1cc(CN2CC2COc2cc3ccccc3cc2C(=O)Nc2ccccn2)cn1. The highest BCUT2D eigenvalue weighted by atomic mass is 16.5. The third-order valence-electron chi connectivity index (χ3n) is 5.40. The van der Waals surface area contributed by atoms with Crippen LogP contribution >= 0.6 is 0 Å². The van der Waals surface area contributed by atoms with E-state index < -0.39 is 0 Å². The fourth-order valence-corrected chi connectivity index (χ4v) is 3.69. The molecule has 4 aromatic rings. The lowest BCUT2D eigenvalue weighted by molar-refractivity contribution is 0.102. The molecular formula is C24H23N5O2. The Hall–Kier alpha value is -3.71. The quantitative estimate of drug-likeness (QED) is 0.470. The van der Waals surface area contributed by atoms with Crippen molar-refractivity contribution in [1.82, 2.24) is 19.7 Å². The third-order valence-corrected chi connectivity index (χ3v) is 5.40. The van der Waals surface area contributed by atoms with E-state index in [1.807, 2.05) is 72.7 Å². The summed E-state index contributed by atoms with van der Waals surface area (Å²) in [5.74, 6) is 0.860. The van der Waals surface area contributed by atoms with Crippen molar-refractivity contribution in [2.75, 3.05) is 18.5 Å². The van der Waals surface area contributed by atoms with Crippen molar-refractivity contribution in [3.63, 3.8) is 0 Å². The Kier molecular flexibility index (Phi) is 5.09. The Morgan fingerprint density at radius 2 is 1.97 bits per heavy atom. The van der Waals surface area contributed by atoms with Gasteiger partial charge in [0.2, 0.25) is 0 Å². The van der Waals surface area contributed by atoms with E-state index in [-0.39, 0.29) is 5.91 Å². The molecule has 2 atom stereocenters. The van der Waals surface area contributed by atoms with Gasteiger partial charge in [0, 0.05) is 38.1 Å². The maximum atomic E-state index is 13.0. The minimum atomic E-state index is -0.234. The Morgan fingerprint density at radius 1 is 1.16 bits per heavy atom. The smallest absolute Gasteiger partial charge is 0.260 e. The Labute approximate surface area is 180 Å². The number of benzene rings is 2. The molecule has 0 bridgehead atoms. The molecule has 156 valence electrons. The van der Waals surface area contributed by atoms with Crippen LogP contribution in [0.5, 0.6) is 5.75 Å². The van der Waals surface area contributed by atoms with E-state index >= 15 is 0 Å². The first-order valence-corrected chi connectivity index (χ1v) is 10.3. The van der Waals surface area contributed by atoms with Gasteiger partial charge in [-0.3, -0.25) is 14.4 Å². The van der Waals surface area contributed by atoms with E-state index in [0.717, 1.165) is 23.9 Å². The molecule has 7 nitrogen and oxygen atoms in total. The lowest BCUT2D eigenvalue weighted by atomic mass is 10.1. The molecule has 5 rings (SSSR count). The molecule has 0 aliphatic carbocycles. The second-order valence-corrected chi connectivity index (χ2v) is 7.78. The molecular weight excluding hydrogens is 390 g/mol. The zero-order valence-corrected chi connectivity index (χ0v) is 17.2. The summed E-state index contributed by atoms with van der Waals surface area (Å²) in [7, 11) is 1.92. The number of fused-ring (bicyclic) bond motifs is 1. The lowest BCUT2D eigenvalue weighted by Crippen LogP contribution is -2.16. The number of aromatic nitrogens is 3. The Morgan fingerprint density at radius 3 is 2.71 bits per heavy atom. The largest absolute Gasteiger partial charge is 0.491 e. The molecule has 1 fully saturated rings. The minimum absolute atomic E-state index is 0.234. The molecule has 1 saturated heterocycles. The van der Waals surface area contributed by atoms with Crippen molar-refractivity contribution in [2.45, 2.75) is 12.6 Å². The molecule has 1 amide bonds. The second kappa shape index (κ2) is 8.20. The Bertz CT molecular complexity index is 1220. The zero-order chi connectivity index (χ0) is 21.2. The molecule has 1 N–H and O–H groups in total. The number of carbonyl (C=O) groups is 1. The summed E-state index contributed by atoms with van der Waals surface area (Å²) in [6, 6.07) is 17.5. The van der Waals surface area contributed by atoms with Crippen molar-refractivity contribution in [3.8, 4) is 5.75 Å². The number of nitrogens with zero attached hydrogens (tertiary/aromatic N) is 4. The number of rotatable bonds is 7. The summed E-state index contributed by atoms with van der Waals surface area (Å²) < 4.78 is 7.97. The first-order valence-electron chi connectivity index (χ1n) is 10.3. The number of carbonyl (C=O) groups excluding carboxylic acids is 1. The number of anilines is 1. The molecule has 31 heavy (non-hydrogen) atoms. The van der Waals surface area contributed by atoms with Crippen molar-refractivity contribution in [1.29, 1.82) is 0 Å². The molecule has 2 unspecified atom stereocenters. The van der Waals surface area contributed by atoms with Gasteiger partial charge >= 0.3 is 0 Å². The average molecular weight is 413 g/mol. The van der Waals surface area contributed by atoms with Gasteiger partial charge in [0.05, 0.1) is 17.8 Å². The van der Waals surface area contributed by atoms with Gasteiger partial charge in [-0.15, -0.1) is 0 Å². The summed E-state index contributed by atoms with van der Waals surface area (Å²) in [6.07, 6.45) is 5.57. The van der Waals surface area contributed by atoms with Crippen LogP contribution in [0.2, 0.25) is 0 Å². The van der Waals surface area contributed by atoms with Crippen LogP contribution in [-0.4, -0.2) is 44.8 Å². The van der Waals surface area contributed by atoms with Crippen LogP contribution in [0.1, 0.15) is 15.9 Å². The average Bonchev–Trinajstić information content (AvgIpc) is 3.40. The summed E-state index contributed by atoms with van der Waals surface area (Å²) in [5, 5.41) is 9.11. The lowest BCUT2D eigenvalue weighted by Gasteiger charge is -2.13. The summed E-state index contributed by atoms with van der Waals surface area (Å²) in [4.78, 5) is 19.5. The van der Waals surface area contributed by atoms with Crippen molar-refractivity contribution < 1.29 is 9.53 Å². The van der Waals surface area contributed by atoms with Crippen LogP contribution in [0.3, 0.4) is 0 Å². The van der Waals surface area contributed by atoms with Gasteiger partial charge in [-0.25, -0.2) is 4.98 Å². The Balaban J connectivity index is 1.32. The molecule has 0 radical (unpaired) electrons. The topological polar surface area (TPSA) is 72.1 Å². The highest BCUT2D eigenvalue weighted by Gasteiger charge is 2.35. The molecule has 2 aromatic carbocycles. The van der Waals surface area contributed by atoms with Gasteiger partial charge in [0.1, 0.15) is 18.2 Å². The molecule has 0 spiro atoms. The van der Waals surface area contributed by atoms with Crippen LogP contribution in [0.15, 0.2) is 73.2 Å². The number of amides is 1. The fourth-order valence-electron chi connectivity index (χ4n) is 3.69. The van der Waals surface area contributed by atoms with Crippen molar-refractivity contribution >= 4 is 22.5 Å². The van der Waals surface area contributed by atoms with Crippen LogP contribution in [0.4, 0.5) is 5.82 Å². The van der Waals surface area contributed by atoms with Crippen LogP contribution < -0.4 is 10.1 Å². The zero-order valence-electron chi connectivity index (χ0n) is 17.2. The highest BCUT2D eigenvalue weighted by molar-refractivity contribution is 6.08. The minimum Gasteiger partial charge on any atom is -0.491 e. The predicted octanol–water partition coefficient (Wildman–Crippen LogP) is 3.48. The van der Waals surface area contributed by atoms with Gasteiger partial charge in [-0.1, -0.05) is 30.3 Å². The van der Waals surface area contributed by atoms with Crippen LogP contribution in [-0.2, 0) is 13.6 Å². The first kappa shape index (κ1) is 19.3. The number of pyridine rings is 1. The number of hydrogen-bond acceptors (Lipinski definition) is 5. The van der Waals surface area contributed by atoms with Crippen molar-refractivity contribution in [2.24, 2.45) is 7.05 Å². The van der Waals surface area contributed by atoms with E-state index in [1.165, 1.54) is 5.56 Å². The maximum absolute atomic E-state index is 13.0. The number of hydrogen-bond donors (Lipinski definition) is 1. The first-order chi connectivity index (χ1) is 15.2. The fraction of sp³-hybridized carbons (Fsp3) is 0.208. The molecule has 2 aromatic heterocycles. The number of nitrogens with one attached hydrogen (secondary N) is 1. The molecule has 3 heterocycles. The molecule has 0 saturated carbocycles. The standard InChI is InChI=1S/C24H23N5O2/c1-28-13-17(12-26-28)14-29-15-20(29)16-31-22-11-19-7-3-2-6-18(19)10-21(22)24(30)27-23-8-4-5-9-25-23/h2-13,20H,14-16H2,1H3,(H,25,27,30). The van der Waals surface area contributed by atoms with Crippen molar-refractivity contribution in [3.05, 3.63) is 84.3 Å². The van der Waals surface area contributed by atoms with Crippen LogP contribution in [0.25, 0.3) is 10.8 Å². The van der Waals surface area contributed by atoms with E-state index in [9.17, 15) is 4.79 Å². The summed E-state index contributed by atoms with van der Waals surface area (Å²) in [6.45, 7) is 2.35. The van der Waals surface area contributed by atoms with Crippen LogP contribution in [0, 0.1) is 0 Å². The maximum Gasteiger partial charge on any atom is 0.260 e. The van der Waals surface area contributed by atoms with E-state index in [0.29, 0.717) is 29.8 Å². The summed E-state index contributed by atoms with van der Waals surface area (Å²) >= 11 is 0. The molecule has 1 aliphatic heterocycles. The second-order valence-electron chi connectivity index (χ2n) is 7.78. The molecule has 1 aliphatic rings. The van der Waals surface area contributed by atoms with Gasteiger partial charge < -0.3 is 10.1 Å². The number of ether oxygens (including phenoxy) is 1. The third kappa shape index (κ3) is 4.41. The van der Waals surface area contributed by atoms with Gasteiger partial charge in [0.25, 0.3) is 5.91 Å². The number of aryl methyl sites for hydroxylation is 1. The monoisotopic (exact) mass is 413 g/mol. The normalized spacial score (nSPS) is 17.5. The van der Waals surface area contributed by atoms with E-state index in [2.05, 4.69) is 20.3 Å². The van der Waals surface area contributed by atoms with Gasteiger partial charge in [0.15, 0.2) is 0 Å². The van der Waals surface area contributed by atoms with E-state index in [4.69, 9.17) is 4.74 Å². The van der Waals surface area contributed by atoms with Gasteiger partial charge in [-0.2, -0.15) is 5.10 Å².